The molecule has 1 aliphatic rings. The molecule has 0 spiro atoms. The molecule has 2 N–H and O–H groups in total. The number of urea groups is 1. The van der Waals surface area contributed by atoms with Gasteiger partial charge in [0.05, 0.1) is 23.5 Å². The van der Waals surface area contributed by atoms with E-state index in [9.17, 15) is 4.79 Å². The normalized spacial score (nSPS) is 18.3. The summed E-state index contributed by atoms with van der Waals surface area (Å²) in [5.41, 5.74) is 2.68. The molecule has 1 aromatic heterocycles. The highest BCUT2D eigenvalue weighted by Crippen LogP contribution is 2.27. The predicted molar refractivity (Wildman–Crippen MR) is 92.9 cm³/mol. The molecule has 0 unspecified atom stereocenters. The lowest BCUT2D eigenvalue weighted by atomic mass is 9.99. The third-order valence-corrected chi connectivity index (χ3v) is 4.27. The number of carbonyl (C=O) groups excluding carboxylic acids is 1. The van der Waals surface area contributed by atoms with E-state index in [0.717, 1.165) is 42.8 Å². The van der Waals surface area contributed by atoms with Crippen LogP contribution in [0.1, 0.15) is 37.1 Å². The van der Waals surface area contributed by atoms with Gasteiger partial charge in [-0.05, 0) is 24.8 Å². The Balaban J connectivity index is 1.73. The summed E-state index contributed by atoms with van der Waals surface area (Å²) in [6.45, 7) is 2.77. The number of anilines is 1. The lowest BCUT2D eigenvalue weighted by Crippen LogP contribution is -2.38. The van der Waals surface area contributed by atoms with Gasteiger partial charge in [-0.15, -0.1) is 0 Å². The molecule has 6 nitrogen and oxygen atoms in total. The van der Waals surface area contributed by atoms with Crippen molar-refractivity contribution < 1.29 is 9.53 Å². The van der Waals surface area contributed by atoms with Crippen LogP contribution in [0.3, 0.4) is 0 Å². The first-order chi connectivity index (χ1) is 11.7. The van der Waals surface area contributed by atoms with Gasteiger partial charge in [-0.1, -0.05) is 37.3 Å². The van der Waals surface area contributed by atoms with Crippen molar-refractivity contribution in [2.45, 2.75) is 38.3 Å². The van der Waals surface area contributed by atoms with Crippen molar-refractivity contribution in [3.05, 3.63) is 47.8 Å². The molecule has 24 heavy (non-hydrogen) atoms. The number of ether oxygens (including phenoxy) is 1. The van der Waals surface area contributed by atoms with Crippen molar-refractivity contribution in [1.29, 1.82) is 0 Å². The zero-order valence-electron chi connectivity index (χ0n) is 14.2. The molecule has 1 saturated heterocycles. The van der Waals surface area contributed by atoms with Crippen LogP contribution in [0.2, 0.25) is 0 Å². The van der Waals surface area contributed by atoms with Crippen molar-refractivity contribution >= 4 is 11.7 Å². The minimum absolute atomic E-state index is 0.0118. The Hall–Kier alpha value is -2.34. The fourth-order valence-corrected chi connectivity index (χ4v) is 3.12. The fraction of sp³-hybridized carbons (Fsp3) is 0.444. The van der Waals surface area contributed by atoms with E-state index in [4.69, 9.17) is 4.74 Å². The first kappa shape index (κ1) is 16.5. The van der Waals surface area contributed by atoms with Gasteiger partial charge in [-0.2, -0.15) is 5.10 Å². The van der Waals surface area contributed by atoms with Crippen LogP contribution >= 0.6 is 0 Å². The number of hydrogen-bond donors (Lipinski definition) is 2. The van der Waals surface area contributed by atoms with E-state index < -0.39 is 0 Å². The fourth-order valence-electron chi connectivity index (χ4n) is 3.12. The third-order valence-electron chi connectivity index (χ3n) is 4.27. The number of aromatic nitrogens is 2. The van der Waals surface area contributed by atoms with Gasteiger partial charge in [0.15, 0.2) is 0 Å². The maximum absolute atomic E-state index is 12.5. The van der Waals surface area contributed by atoms with Gasteiger partial charge in [-0.3, -0.25) is 4.68 Å². The average Bonchev–Trinajstić information content (AvgIpc) is 3.23. The number of carbonyl (C=O) groups is 1. The molecule has 1 fully saturated rings. The van der Waals surface area contributed by atoms with Crippen molar-refractivity contribution in [2.24, 2.45) is 7.05 Å². The minimum atomic E-state index is -0.234. The molecule has 6 heteroatoms. The molecular formula is C18H24N4O2. The number of hydrogen-bond acceptors (Lipinski definition) is 3. The topological polar surface area (TPSA) is 68.2 Å². The zero-order chi connectivity index (χ0) is 16.9. The molecule has 1 aromatic carbocycles. The Morgan fingerprint density at radius 3 is 2.88 bits per heavy atom. The first-order valence-electron chi connectivity index (χ1n) is 8.44. The van der Waals surface area contributed by atoms with Gasteiger partial charge < -0.3 is 15.4 Å². The third kappa shape index (κ3) is 3.76. The summed E-state index contributed by atoms with van der Waals surface area (Å²) in [7, 11) is 1.85. The lowest BCUT2D eigenvalue weighted by Gasteiger charge is -2.24. The van der Waals surface area contributed by atoms with Crippen LogP contribution in [-0.4, -0.2) is 28.5 Å². The van der Waals surface area contributed by atoms with E-state index in [1.165, 1.54) is 0 Å². The second-order valence-corrected chi connectivity index (χ2v) is 6.05. The van der Waals surface area contributed by atoms with Crippen molar-refractivity contribution in [3.63, 3.8) is 0 Å². The Kier molecular flexibility index (Phi) is 5.15. The summed E-state index contributed by atoms with van der Waals surface area (Å²) in [5.74, 6) is 0. The molecular weight excluding hydrogens is 304 g/mol. The highest BCUT2D eigenvalue weighted by Gasteiger charge is 2.28. The Morgan fingerprint density at radius 1 is 1.42 bits per heavy atom. The van der Waals surface area contributed by atoms with E-state index in [-0.39, 0.29) is 18.2 Å². The molecule has 2 heterocycles. The monoisotopic (exact) mass is 328 g/mol. The summed E-state index contributed by atoms with van der Waals surface area (Å²) in [5, 5.41) is 10.3. The van der Waals surface area contributed by atoms with Crippen LogP contribution in [-0.2, 0) is 18.2 Å². The van der Waals surface area contributed by atoms with Crippen LogP contribution in [0.25, 0.3) is 0 Å². The molecule has 2 atom stereocenters. The molecule has 0 bridgehead atoms. The van der Waals surface area contributed by atoms with E-state index in [2.05, 4.69) is 15.7 Å². The number of nitrogens with one attached hydrogen (secondary N) is 2. The van der Waals surface area contributed by atoms with E-state index in [1.54, 1.807) is 4.68 Å². The van der Waals surface area contributed by atoms with Crippen molar-refractivity contribution in [1.82, 2.24) is 15.1 Å². The van der Waals surface area contributed by atoms with Gasteiger partial charge in [0.25, 0.3) is 0 Å². The maximum Gasteiger partial charge on any atom is 0.319 e. The van der Waals surface area contributed by atoms with Crippen LogP contribution in [0.15, 0.2) is 36.5 Å². The SMILES string of the molecule is CCc1nn(C)cc1NC(=O)N[C@@H](c1ccccc1)[C@H]1CCCO1. The Morgan fingerprint density at radius 2 is 2.21 bits per heavy atom. The van der Waals surface area contributed by atoms with E-state index >= 15 is 0 Å². The van der Waals surface area contributed by atoms with Gasteiger partial charge >= 0.3 is 6.03 Å². The summed E-state index contributed by atoms with van der Waals surface area (Å²) in [6, 6.07) is 9.58. The van der Waals surface area contributed by atoms with Crippen molar-refractivity contribution in [3.8, 4) is 0 Å². The Bertz CT molecular complexity index is 678. The van der Waals surface area contributed by atoms with Crippen LogP contribution in [0.5, 0.6) is 0 Å². The second-order valence-electron chi connectivity index (χ2n) is 6.05. The van der Waals surface area contributed by atoms with Gasteiger partial charge in [0.2, 0.25) is 0 Å². The molecule has 128 valence electrons. The number of benzene rings is 1. The smallest absolute Gasteiger partial charge is 0.319 e. The first-order valence-corrected chi connectivity index (χ1v) is 8.44. The summed E-state index contributed by atoms with van der Waals surface area (Å²) >= 11 is 0. The van der Waals surface area contributed by atoms with Gasteiger partial charge in [0, 0.05) is 19.9 Å². The molecule has 2 amide bonds. The predicted octanol–water partition coefficient (Wildman–Crippen LogP) is 3.02. The lowest BCUT2D eigenvalue weighted by molar-refractivity contribution is 0.0815. The number of rotatable bonds is 5. The van der Waals surface area contributed by atoms with Crippen LogP contribution in [0.4, 0.5) is 10.5 Å². The van der Waals surface area contributed by atoms with E-state index in [0.29, 0.717) is 0 Å². The number of aryl methyl sites for hydroxylation is 2. The van der Waals surface area contributed by atoms with Crippen LogP contribution in [0, 0.1) is 0 Å². The highest BCUT2D eigenvalue weighted by molar-refractivity contribution is 5.90. The molecule has 0 radical (unpaired) electrons. The molecule has 0 aliphatic carbocycles. The number of amides is 2. The maximum atomic E-state index is 12.5. The summed E-state index contributed by atoms with van der Waals surface area (Å²) in [4.78, 5) is 12.5. The minimum Gasteiger partial charge on any atom is -0.376 e. The molecule has 2 aromatic rings. The molecule has 0 saturated carbocycles. The van der Waals surface area contributed by atoms with Crippen LogP contribution < -0.4 is 10.6 Å². The second kappa shape index (κ2) is 7.49. The molecule has 3 rings (SSSR count). The van der Waals surface area contributed by atoms with Gasteiger partial charge in [-0.25, -0.2) is 4.79 Å². The van der Waals surface area contributed by atoms with Gasteiger partial charge in [0.1, 0.15) is 0 Å². The highest BCUT2D eigenvalue weighted by atomic mass is 16.5. The molecule has 1 aliphatic heterocycles. The quantitative estimate of drug-likeness (QED) is 0.886. The largest absolute Gasteiger partial charge is 0.376 e. The summed E-state index contributed by atoms with van der Waals surface area (Å²) < 4.78 is 7.52. The van der Waals surface area contributed by atoms with E-state index in [1.807, 2.05) is 50.5 Å². The average molecular weight is 328 g/mol. The standard InChI is InChI=1S/C18H24N4O2/c1-3-14-15(12-22(2)21-14)19-18(23)20-17(16-10-7-11-24-16)13-8-5-4-6-9-13/h4-6,8-9,12,16-17H,3,7,10-11H2,1-2H3,(H2,19,20,23)/t16-,17+/m1/s1. The number of nitrogens with zero attached hydrogens (tertiary/aromatic N) is 2. The Labute approximate surface area is 142 Å². The zero-order valence-corrected chi connectivity index (χ0v) is 14.2. The summed E-state index contributed by atoms with van der Waals surface area (Å²) in [6.07, 6.45) is 4.58. The van der Waals surface area contributed by atoms with Crippen molar-refractivity contribution in [2.75, 3.05) is 11.9 Å².